The van der Waals surface area contributed by atoms with Crippen LogP contribution >= 0.6 is 0 Å². The van der Waals surface area contributed by atoms with Crippen molar-refractivity contribution in [2.75, 3.05) is 0 Å². The van der Waals surface area contributed by atoms with Gasteiger partial charge in [0.25, 0.3) is 0 Å². The zero-order valence-corrected chi connectivity index (χ0v) is 31.7. The molecule has 8 rings (SSSR count). The van der Waals surface area contributed by atoms with E-state index in [4.69, 9.17) is 8.83 Å². The van der Waals surface area contributed by atoms with Crippen molar-refractivity contribution in [3.05, 3.63) is 151 Å². The van der Waals surface area contributed by atoms with Gasteiger partial charge in [0.2, 0.25) is 23.6 Å². The highest BCUT2D eigenvalue weighted by molar-refractivity contribution is 5.76. The molecule has 0 radical (unpaired) electrons. The Balaban J connectivity index is 0.900. The Hall–Kier alpha value is -6.14. The molecule has 5 aromatic carbocycles. The molecule has 268 valence electrons. The Morgan fingerprint density at radius 2 is 0.741 bits per heavy atom. The highest BCUT2D eigenvalue weighted by atomic mass is 16.4. The molecular formula is C48H44N4O2. The van der Waals surface area contributed by atoms with E-state index in [1.54, 1.807) is 0 Å². The molecule has 0 bridgehead atoms. The number of hydrogen-bond acceptors (Lipinski definition) is 6. The Morgan fingerprint density at radius 1 is 0.426 bits per heavy atom. The molecule has 54 heavy (non-hydrogen) atoms. The molecule has 2 aromatic heterocycles. The summed E-state index contributed by atoms with van der Waals surface area (Å²) in [6.45, 7) is 13.6. The third-order valence-corrected chi connectivity index (χ3v) is 10.3. The van der Waals surface area contributed by atoms with E-state index >= 15 is 0 Å². The van der Waals surface area contributed by atoms with E-state index in [2.05, 4.69) is 153 Å². The second-order valence-electron chi connectivity index (χ2n) is 16.2. The van der Waals surface area contributed by atoms with E-state index in [9.17, 15) is 0 Å². The molecule has 0 aliphatic heterocycles. The molecule has 0 spiro atoms. The first-order chi connectivity index (χ1) is 26.0. The van der Waals surface area contributed by atoms with E-state index in [0.717, 1.165) is 45.4 Å². The van der Waals surface area contributed by atoms with Crippen molar-refractivity contribution < 1.29 is 8.83 Å². The van der Waals surface area contributed by atoms with Crippen molar-refractivity contribution >= 4 is 5.57 Å². The van der Waals surface area contributed by atoms with Gasteiger partial charge < -0.3 is 8.83 Å². The number of rotatable bonds is 7. The Kier molecular flexibility index (Phi) is 9.06. The van der Waals surface area contributed by atoms with Crippen molar-refractivity contribution in [2.24, 2.45) is 11.3 Å². The maximum Gasteiger partial charge on any atom is 0.248 e. The van der Waals surface area contributed by atoms with Crippen LogP contribution in [-0.2, 0) is 5.41 Å². The molecule has 2 heterocycles. The number of benzene rings is 5. The zero-order chi connectivity index (χ0) is 37.5. The van der Waals surface area contributed by atoms with E-state index in [1.165, 1.54) is 22.3 Å². The van der Waals surface area contributed by atoms with Crippen LogP contribution in [0.25, 0.3) is 73.6 Å². The topological polar surface area (TPSA) is 77.8 Å². The lowest BCUT2D eigenvalue weighted by Gasteiger charge is -2.29. The van der Waals surface area contributed by atoms with Crippen LogP contribution in [0.1, 0.15) is 59.1 Å². The van der Waals surface area contributed by atoms with Gasteiger partial charge in [-0.25, -0.2) is 0 Å². The molecule has 6 heteroatoms. The van der Waals surface area contributed by atoms with Crippen LogP contribution in [0.2, 0.25) is 0 Å². The summed E-state index contributed by atoms with van der Waals surface area (Å²) in [4.78, 5) is 0. The highest BCUT2D eigenvalue weighted by Crippen LogP contribution is 2.36. The summed E-state index contributed by atoms with van der Waals surface area (Å²) in [5, 5.41) is 17.4. The molecule has 0 amide bonds. The Bertz CT molecular complexity index is 2430. The fourth-order valence-electron chi connectivity index (χ4n) is 6.77. The monoisotopic (exact) mass is 708 g/mol. The van der Waals surface area contributed by atoms with Crippen molar-refractivity contribution in [3.8, 4) is 68.1 Å². The van der Waals surface area contributed by atoms with Gasteiger partial charge in [0.1, 0.15) is 0 Å². The average molecular weight is 709 g/mol. The maximum atomic E-state index is 6.10. The van der Waals surface area contributed by atoms with E-state index in [0.29, 0.717) is 29.5 Å². The van der Waals surface area contributed by atoms with Crippen LogP contribution in [-0.4, -0.2) is 20.4 Å². The molecule has 0 saturated heterocycles. The maximum absolute atomic E-state index is 6.10. The smallest absolute Gasteiger partial charge is 0.248 e. The fraction of sp³-hybridized carbons (Fsp3) is 0.208. The lowest BCUT2D eigenvalue weighted by molar-refractivity contribution is 0.294. The first-order valence-corrected chi connectivity index (χ1v) is 18.6. The second-order valence-corrected chi connectivity index (χ2v) is 16.2. The number of hydrogen-bond donors (Lipinski definition) is 0. The van der Waals surface area contributed by atoms with Gasteiger partial charge in [-0.05, 0) is 111 Å². The molecule has 1 aliphatic carbocycles. The van der Waals surface area contributed by atoms with Crippen molar-refractivity contribution in [2.45, 2.75) is 53.4 Å². The molecule has 1 atom stereocenters. The molecule has 0 N–H and O–H groups in total. The second kappa shape index (κ2) is 14.0. The number of allylic oxidation sites excluding steroid dienone is 4. The van der Waals surface area contributed by atoms with Crippen molar-refractivity contribution in [1.29, 1.82) is 0 Å². The normalized spacial score (nSPS) is 14.6. The minimum atomic E-state index is 0.129. The van der Waals surface area contributed by atoms with Gasteiger partial charge in [-0.2, -0.15) is 0 Å². The predicted molar refractivity (Wildman–Crippen MR) is 218 cm³/mol. The van der Waals surface area contributed by atoms with E-state index in [-0.39, 0.29) is 10.8 Å². The summed E-state index contributed by atoms with van der Waals surface area (Å²) in [5.74, 6) is 2.51. The number of nitrogens with zero attached hydrogens (tertiary/aromatic N) is 4. The molecular weight excluding hydrogens is 665 g/mol. The molecule has 1 unspecified atom stereocenters. The number of aromatic nitrogens is 4. The Labute approximate surface area is 317 Å². The summed E-state index contributed by atoms with van der Waals surface area (Å²) < 4.78 is 12.2. The van der Waals surface area contributed by atoms with Crippen LogP contribution in [0.5, 0.6) is 0 Å². The minimum absolute atomic E-state index is 0.129. The van der Waals surface area contributed by atoms with Crippen LogP contribution in [0.15, 0.2) is 148 Å². The van der Waals surface area contributed by atoms with E-state index < -0.39 is 0 Å². The Morgan fingerprint density at radius 3 is 1.04 bits per heavy atom. The standard InChI is InChI=1S/C48H44N4O2/c1-47(2,3)41-27-23-35(24-28-41)33-11-19-39(20-12-33)45-51-49-43(53-45)37-15-7-31(8-16-37)32-9-17-38(18-10-32)44-50-52-46(54-44)40-21-13-34(14-22-40)36-25-29-42(30-26-36)48(4,5)6/h7-29,42H,30H2,1-6H3. The molecule has 0 fully saturated rings. The summed E-state index contributed by atoms with van der Waals surface area (Å²) in [5.41, 5.74) is 12.1. The quantitative estimate of drug-likeness (QED) is 0.164. The lowest BCUT2D eigenvalue weighted by atomic mass is 9.76. The first kappa shape index (κ1) is 34.9. The first-order valence-electron chi connectivity index (χ1n) is 18.6. The van der Waals surface area contributed by atoms with Gasteiger partial charge in [-0.1, -0.05) is 133 Å². The fourth-order valence-corrected chi connectivity index (χ4v) is 6.77. The molecule has 7 aromatic rings. The summed E-state index contributed by atoms with van der Waals surface area (Å²) in [6.07, 6.45) is 7.98. The SMILES string of the molecule is CC(C)(C)c1ccc(-c2ccc(-c3nnc(-c4ccc(-c5ccc(-c6nnc(-c7ccc(C8=CCC(C(C)(C)C)C=C8)cc7)o6)cc5)cc4)o3)cc2)cc1. The lowest BCUT2D eigenvalue weighted by Crippen LogP contribution is -2.19. The molecule has 0 saturated carbocycles. The molecule has 1 aliphatic rings. The van der Waals surface area contributed by atoms with Crippen LogP contribution < -0.4 is 0 Å². The van der Waals surface area contributed by atoms with Crippen LogP contribution in [0.4, 0.5) is 0 Å². The minimum Gasteiger partial charge on any atom is -0.416 e. The van der Waals surface area contributed by atoms with Gasteiger partial charge in [0, 0.05) is 22.3 Å². The van der Waals surface area contributed by atoms with Gasteiger partial charge in [0.05, 0.1) is 0 Å². The summed E-state index contributed by atoms with van der Waals surface area (Å²) in [6, 6.07) is 41.6. The van der Waals surface area contributed by atoms with Crippen LogP contribution in [0, 0.1) is 11.3 Å². The zero-order valence-electron chi connectivity index (χ0n) is 31.7. The van der Waals surface area contributed by atoms with Gasteiger partial charge >= 0.3 is 0 Å². The van der Waals surface area contributed by atoms with E-state index in [1.807, 2.05) is 48.5 Å². The molecule has 6 nitrogen and oxygen atoms in total. The van der Waals surface area contributed by atoms with Gasteiger partial charge in [-0.3, -0.25) is 0 Å². The van der Waals surface area contributed by atoms with Crippen molar-refractivity contribution in [3.63, 3.8) is 0 Å². The van der Waals surface area contributed by atoms with Crippen molar-refractivity contribution in [1.82, 2.24) is 20.4 Å². The largest absolute Gasteiger partial charge is 0.416 e. The summed E-state index contributed by atoms with van der Waals surface area (Å²) in [7, 11) is 0. The highest BCUT2D eigenvalue weighted by Gasteiger charge is 2.23. The third-order valence-electron chi connectivity index (χ3n) is 10.3. The third kappa shape index (κ3) is 7.38. The van der Waals surface area contributed by atoms with Gasteiger partial charge in [-0.15, -0.1) is 20.4 Å². The summed E-state index contributed by atoms with van der Waals surface area (Å²) >= 11 is 0. The van der Waals surface area contributed by atoms with Crippen LogP contribution in [0.3, 0.4) is 0 Å². The average Bonchev–Trinajstić information content (AvgIpc) is 3.90. The van der Waals surface area contributed by atoms with Gasteiger partial charge in [0.15, 0.2) is 0 Å². The predicted octanol–water partition coefficient (Wildman–Crippen LogP) is 12.8.